The molecule has 0 aliphatic rings. The molecule has 1 heterocycles. The summed E-state index contributed by atoms with van der Waals surface area (Å²) in [5.74, 6) is -0.263. The Morgan fingerprint density at radius 1 is 1.17 bits per heavy atom. The lowest BCUT2D eigenvalue weighted by Crippen LogP contribution is -2.24. The Hall–Kier alpha value is -3.42. The van der Waals surface area contributed by atoms with Crippen LogP contribution in [-0.2, 0) is 0 Å². The van der Waals surface area contributed by atoms with Gasteiger partial charge in [-0.2, -0.15) is 0 Å². The van der Waals surface area contributed by atoms with Gasteiger partial charge >= 0.3 is 5.88 Å². The molecule has 0 saturated carbocycles. The van der Waals surface area contributed by atoms with Crippen molar-refractivity contribution < 1.29 is 14.1 Å². The zero-order chi connectivity index (χ0) is 17.3. The molecule has 2 aromatic carbocycles. The lowest BCUT2D eigenvalue weighted by Gasteiger charge is -2.18. The number of nitro benzene ring substituents is 1. The van der Waals surface area contributed by atoms with Crippen molar-refractivity contribution in [2.45, 2.75) is 6.92 Å². The number of rotatable bonds is 4. The van der Waals surface area contributed by atoms with Gasteiger partial charge < -0.3 is 14.7 Å². The van der Waals surface area contributed by atoms with Crippen LogP contribution in [-0.4, -0.2) is 16.3 Å². The number of para-hydroxylation sites is 3. The number of hydrogen-bond acceptors (Lipinski definition) is 5. The number of nitro groups is 1. The summed E-state index contributed by atoms with van der Waals surface area (Å²) in [4.78, 5) is 23.3. The van der Waals surface area contributed by atoms with E-state index in [1.165, 1.54) is 30.3 Å². The number of aromatic nitrogens is 2. The van der Waals surface area contributed by atoms with Crippen LogP contribution in [0.5, 0.6) is 5.88 Å². The molecule has 0 aliphatic heterocycles. The van der Waals surface area contributed by atoms with E-state index in [0.717, 1.165) is 0 Å². The van der Waals surface area contributed by atoms with Crippen LogP contribution < -0.4 is 9.16 Å². The minimum Gasteiger partial charge on any atom is -0.805 e. The van der Waals surface area contributed by atoms with Crippen LogP contribution in [0.1, 0.15) is 6.92 Å². The van der Waals surface area contributed by atoms with E-state index in [0.29, 0.717) is 9.16 Å². The molecule has 3 aromatic rings. The van der Waals surface area contributed by atoms with Crippen molar-refractivity contribution in [2.75, 3.05) is 6.61 Å². The van der Waals surface area contributed by atoms with Gasteiger partial charge in [0.05, 0.1) is 17.1 Å². The summed E-state index contributed by atoms with van der Waals surface area (Å²) in [5.41, 5.74) is -0.213. The van der Waals surface area contributed by atoms with E-state index in [1.807, 2.05) is 0 Å². The number of hydrogen-bond donors (Lipinski definition) is 0. The summed E-state index contributed by atoms with van der Waals surface area (Å²) in [6.07, 6.45) is 0. The predicted molar refractivity (Wildman–Crippen MR) is 87.3 cm³/mol. The first-order valence-corrected chi connectivity index (χ1v) is 7.20. The zero-order valence-electron chi connectivity index (χ0n) is 12.7. The first kappa shape index (κ1) is 15.5. The molecule has 24 heavy (non-hydrogen) atoms. The Balaban J connectivity index is 2.48. The van der Waals surface area contributed by atoms with Gasteiger partial charge in [0.1, 0.15) is 9.94 Å². The van der Waals surface area contributed by atoms with Gasteiger partial charge in [-0.1, -0.05) is 24.3 Å². The third kappa shape index (κ3) is 2.34. The normalized spacial score (nSPS) is 10.7. The Kier molecular flexibility index (Phi) is 3.87. The van der Waals surface area contributed by atoms with Crippen molar-refractivity contribution in [3.8, 4) is 17.1 Å². The fourth-order valence-electron chi connectivity index (χ4n) is 2.54. The highest BCUT2D eigenvalue weighted by Crippen LogP contribution is 2.35. The number of ether oxygens (including phenoxy) is 1. The largest absolute Gasteiger partial charge is 0.805 e. The SMILES string of the molecule is CCOc1c(-c2ccccc2[N+](=O)[O-])n([O-])c2ccccc2[n+]1=O. The smallest absolute Gasteiger partial charge is 0.447 e. The maximum absolute atomic E-state index is 12.8. The van der Waals surface area contributed by atoms with E-state index in [4.69, 9.17) is 4.74 Å². The Bertz CT molecular complexity index is 997. The van der Waals surface area contributed by atoms with Crippen molar-refractivity contribution in [1.29, 1.82) is 0 Å². The molecular formula is C16H13N3O5. The second-order valence-corrected chi connectivity index (χ2v) is 4.94. The van der Waals surface area contributed by atoms with Crippen LogP contribution >= 0.6 is 0 Å². The minimum atomic E-state index is -0.602. The van der Waals surface area contributed by atoms with Gasteiger partial charge in [-0.25, -0.2) is 0 Å². The molecule has 0 N–H and O–H groups in total. The average Bonchev–Trinajstić information content (AvgIpc) is 2.60. The Labute approximate surface area is 135 Å². The maximum atomic E-state index is 12.8. The third-order valence-electron chi connectivity index (χ3n) is 3.55. The lowest BCUT2D eigenvalue weighted by atomic mass is 10.1. The molecule has 122 valence electrons. The second kappa shape index (κ2) is 5.99. The molecule has 3 rings (SSSR count). The molecule has 1 aromatic heterocycles. The van der Waals surface area contributed by atoms with E-state index in [1.54, 1.807) is 25.1 Å². The molecule has 0 unspecified atom stereocenters. The van der Waals surface area contributed by atoms with Crippen LogP contribution in [0.3, 0.4) is 0 Å². The molecule has 8 nitrogen and oxygen atoms in total. The van der Waals surface area contributed by atoms with Gasteiger partial charge in [0, 0.05) is 17.0 Å². The van der Waals surface area contributed by atoms with Crippen molar-refractivity contribution in [1.82, 2.24) is 4.73 Å². The molecular weight excluding hydrogens is 314 g/mol. The number of fused-ring (bicyclic) bond motifs is 1. The molecule has 0 fully saturated rings. The van der Waals surface area contributed by atoms with Gasteiger partial charge in [-0.05, 0) is 19.1 Å². The van der Waals surface area contributed by atoms with E-state index in [2.05, 4.69) is 0 Å². The summed E-state index contributed by atoms with van der Waals surface area (Å²) >= 11 is 0. The van der Waals surface area contributed by atoms with Gasteiger partial charge in [0.15, 0.2) is 5.69 Å². The number of nitrogens with zero attached hydrogens (tertiary/aromatic N) is 3. The quantitative estimate of drug-likeness (QED) is 0.416. The van der Waals surface area contributed by atoms with E-state index >= 15 is 0 Å². The highest BCUT2D eigenvalue weighted by atomic mass is 16.6. The monoisotopic (exact) mass is 327 g/mol. The highest BCUT2D eigenvalue weighted by molar-refractivity contribution is 5.81. The van der Waals surface area contributed by atoms with Crippen molar-refractivity contribution in [3.05, 3.63) is 68.8 Å². The molecule has 0 amide bonds. The first-order chi connectivity index (χ1) is 11.6. The standard InChI is InChI=1S/C16H13N3O5/c1-2-24-16-15(11-7-3-4-8-12(11)19(22)23)17(20)13-9-5-6-10-14(13)18(16)21/h3-10H,2H2,1H3. The molecule has 8 heteroatoms. The van der Waals surface area contributed by atoms with Gasteiger partial charge in [0.25, 0.3) is 11.2 Å². The summed E-state index contributed by atoms with van der Waals surface area (Å²) in [5, 5.41) is 24.1. The summed E-state index contributed by atoms with van der Waals surface area (Å²) in [7, 11) is 0. The molecule has 0 bridgehead atoms. The summed E-state index contributed by atoms with van der Waals surface area (Å²) < 4.78 is 6.34. The molecule has 0 atom stereocenters. The van der Waals surface area contributed by atoms with Crippen LogP contribution in [0.4, 0.5) is 5.69 Å². The first-order valence-electron chi connectivity index (χ1n) is 7.20. The van der Waals surface area contributed by atoms with Crippen molar-refractivity contribution >= 4 is 16.7 Å². The van der Waals surface area contributed by atoms with Gasteiger partial charge in [0.2, 0.25) is 0 Å². The van der Waals surface area contributed by atoms with Crippen molar-refractivity contribution in [3.63, 3.8) is 0 Å². The fraction of sp³-hybridized carbons (Fsp3) is 0.125. The highest BCUT2D eigenvalue weighted by Gasteiger charge is 2.29. The minimum absolute atomic E-state index is 0.0244. The lowest BCUT2D eigenvalue weighted by molar-refractivity contribution is -0.476. The van der Waals surface area contributed by atoms with Crippen LogP contribution in [0.25, 0.3) is 22.3 Å². The summed E-state index contributed by atoms with van der Waals surface area (Å²) in [6.45, 7) is 1.79. The summed E-state index contributed by atoms with van der Waals surface area (Å²) in [6, 6.07) is 11.9. The Morgan fingerprint density at radius 2 is 1.83 bits per heavy atom. The molecule has 0 saturated heterocycles. The number of benzene rings is 2. The molecule has 0 radical (unpaired) electrons. The zero-order valence-corrected chi connectivity index (χ0v) is 12.7. The third-order valence-corrected chi connectivity index (χ3v) is 3.55. The molecule has 0 spiro atoms. The van der Waals surface area contributed by atoms with Crippen LogP contribution in [0.15, 0.2) is 48.5 Å². The van der Waals surface area contributed by atoms with Gasteiger partial charge in [-0.15, -0.1) is 0 Å². The second-order valence-electron chi connectivity index (χ2n) is 4.94. The van der Waals surface area contributed by atoms with E-state index in [-0.39, 0.29) is 40.5 Å². The maximum Gasteiger partial charge on any atom is 0.447 e. The van der Waals surface area contributed by atoms with E-state index < -0.39 is 4.92 Å². The van der Waals surface area contributed by atoms with Crippen molar-refractivity contribution in [2.24, 2.45) is 0 Å². The molecule has 0 aliphatic carbocycles. The average molecular weight is 327 g/mol. The topological polar surface area (TPSA) is 103 Å². The van der Waals surface area contributed by atoms with Crippen LogP contribution in [0.2, 0.25) is 0 Å². The van der Waals surface area contributed by atoms with Crippen LogP contribution in [0, 0.1) is 20.2 Å². The predicted octanol–water partition coefficient (Wildman–Crippen LogP) is 2.88. The Morgan fingerprint density at radius 3 is 2.54 bits per heavy atom. The van der Waals surface area contributed by atoms with E-state index in [9.17, 15) is 20.2 Å². The van der Waals surface area contributed by atoms with Gasteiger partial charge in [-0.3, -0.25) is 10.1 Å². The fourth-order valence-corrected chi connectivity index (χ4v) is 2.54.